The lowest BCUT2D eigenvalue weighted by molar-refractivity contribution is -0.116. The summed E-state index contributed by atoms with van der Waals surface area (Å²) in [5.74, 6) is 2.35. The number of ether oxygens (including phenoxy) is 1. The van der Waals surface area contributed by atoms with Crippen molar-refractivity contribution in [3.63, 3.8) is 0 Å². The molecule has 0 radical (unpaired) electrons. The van der Waals surface area contributed by atoms with E-state index in [0.29, 0.717) is 41.9 Å². The number of thioether (sulfide) groups is 1. The van der Waals surface area contributed by atoms with Gasteiger partial charge in [-0.1, -0.05) is 45.0 Å². The predicted molar refractivity (Wildman–Crippen MR) is 102 cm³/mol. The zero-order valence-electron chi connectivity index (χ0n) is 15.5. The third kappa shape index (κ3) is 6.34. The first kappa shape index (κ1) is 20.8. The SMILES string of the molecule is C=CCO/N=C(/CCC)C1=C(OC)C[C@@H](C[C@H](C)SCC)CC1=O. The Hall–Kier alpha value is -1.23. The maximum absolute atomic E-state index is 12.8. The minimum absolute atomic E-state index is 0.131. The fourth-order valence-electron chi connectivity index (χ4n) is 3.07. The summed E-state index contributed by atoms with van der Waals surface area (Å²) in [6, 6.07) is 0. The van der Waals surface area contributed by atoms with Gasteiger partial charge >= 0.3 is 0 Å². The van der Waals surface area contributed by atoms with Gasteiger partial charge in [-0.25, -0.2) is 0 Å². The molecular weight excluding hydrogens is 322 g/mol. The molecule has 0 aliphatic heterocycles. The van der Waals surface area contributed by atoms with E-state index in [-0.39, 0.29) is 5.78 Å². The Balaban J connectivity index is 2.97. The summed E-state index contributed by atoms with van der Waals surface area (Å²) in [6.45, 7) is 10.4. The molecule has 0 heterocycles. The topological polar surface area (TPSA) is 47.9 Å². The largest absolute Gasteiger partial charge is 0.500 e. The van der Waals surface area contributed by atoms with Gasteiger partial charge in [-0.15, -0.1) is 0 Å². The van der Waals surface area contributed by atoms with E-state index >= 15 is 0 Å². The molecule has 1 rings (SSSR count). The first-order valence-electron chi connectivity index (χ1n) is 8.79. The number of methoxy groups -OCH3 is 1. The molecular formula is C19H31NO3S. The number of allylic oxidation sites excluding steroid dienone is 2. The molecule has 0 aromatic heterocycles. The minimum atomic E-state index is 0.131. The van der Waals surface area contributed by atoms with Crippen molar-refractivity contribution in [2.75, 3.05) is 19.5 Å². The molecule has 1 aliphatic carbocycles. The van der Waals surface area contributed by atoms with Crippen LogP contribution >= 0.6 is 11.8 Å². The quantitative estimate of drug-likeness (QED) is 0.233. The number of Topliss-reactive ketones (excluding diaryl/α,β-unsaturated/α-hetero) is 1. The highest BCUT2D eigenvalue weighted by atomic mass is 32.2. The number of hydrogen-bond acceptors (Lipinski definition) is 5. The van der Waals surface area contributed by atoms with E-state index in [1.165, 1.54) is 0 Å². The highest BCUT2D eigenvalue weighted by molar-refractivity contribution is 7.99. The maximum Gasteiger partial charge on any atom is 0.168 e. The minimum Gasteiger partial charge on any atom is -0.500 e. The Morgan fingerprint density at radius 2 is 2.21 bits per heavy atom. The van der Waals surface area contributed by atoms with Crippen LogP contribution in [-0.4, -0.2) is 36.2 Å². The second kappa shape index (κ2) is 11.3. The van der Waals surface area contributed by atoms with Crippen molar-refractivity contribution in [3.8, 4) is 0 Å². The number of hydrogen-bond donors (Lipinski definition) is 0. The Morgan fingerprint density at radius 1 is 1.46 bits per heavy atom. The van der Waals surface area contributed by atoms with Crippen LogP contribution in [0.5, 0.6) is 0 Å². The normalized spacial score (nSPS) is 20.1. The Bertz CT molecular complexity index is 485. The summed E-state index contributed by atoms with van der Waals surface area (Å²) in [5, 5.41) is 4.74. The van der Waals surface area contributed by atoms with Gasteiger partial charge in [0, 0.05) is 18.1 Å². The molecule has 0 spiro atoms. The van der Waals surface area contributed by atoms with Gasteiger partial charge in [0.25, 0.3) is 0 Å². The van der Waals surface area contributed by atoms with Gasteiger partial charge in [0.2, 0.25) is 0 Å². The van der Waals surface area contributed by atoms with Crippen molar-refractivity contribution in [1.29, 1.82) is 0 Å². The summed E-state index contributed by atoms with van der Waals surface area (Å²) in [4.78, 5) is 18.0. The summed E-state index contributed by atoms with van der Waals surface area (Å²) >= 11 is 1.94. The maximum atomic E-state index is 12.8. The Kier molecular flexibility index (Phi) is 9.84. The lowest BCUT2D eigenvalue weighted by Crippen LogP contribution is -2.26. The van der Waals surface area contributed by atoms with E-state index in [2.05, 4.69) is 32.5 Å². The van der Waals surface area contributed by atoms with Crippen LogP contribution in [-0.2, 0) is 14.4 Å². The second-order valence-electron chi connectivity index (χ2n) is 6.07. The van der Waals surface area contributed by atoms with Crippen molar-refractivity contribution in [2.24, 2.45) is 11.1 Å². The molecule has 0 fully saturated rings. The highest BCUT2D eigenvalue weighted by Gasteiger charge is 2.32. The molecule has 2 atom stereocenters. The molecule has 0 unspecified atom stereocenters. The van der Waals surface area contributed by atoms with Gasteiger partial charge in [0.1, 0.15) is 12.4 Å². The number of oxime groups is 1. The van der Waals surface area contributed by atoms with E-state index in [1.54, 1.807) is 13.2 Å². The fourth-order valence-corrected chi connectivity index (χ4v) is 4.05. The number of carbonyl (C=O) groups is 1. The standard InChI is InChI=1S/C19H31NO3S/c1-6-9-16(20-23-10-7-2)19-17(21)12-15(13-18(19)22-5)11-14(4)24-8-3/h7,14-15H,2,6,8-13H2,1,3-5H3/b20-16-/t14-,15-/m0/s1. The van der Waals surface area contributed by atoms with Crippen LogP contribution in [0, 0.1) is 5.92 Å². The molecule has 5 heteroatoms. The van der Waals surface area contributed by atoms with E-state index in [1.807, 2.05) is 11.8 Å². The number of carbonyl (C=O) groups excluding carboxylic acids is 1. The molecule has 0 amide bonds. The van der Waals surface area contributed by atoms with Gasteiger partial charge < -0.3 is 9.57 Å². The smallest absolute Gasteiger partial charge is 0.168 e. The van der Waals surface area contributed by atoms with Gasteiger partial charge in [0.05, 0.1) is 18.4 Å². The van der Waals surface area contributed by atoms with Crippen LogP contribution in [0.25, 0.3) is 0 Å². The zero-order chi connectivity index (χ0) is 17.9. The number of nitrogens with zero attached hydrogens (tertiary/aromatic N) is 1. The van der Waals surface area contributed by atoms with E-state index in [4.69, 9.17) is 9.57 Å². The van der Waals surface area contributed by atoms with E-state index < -0.39 is 0 Å². The summed E-state index contributed by atoms with van der Waals surface area (Å²) in [7, 11) is 1.64. The van der Waals surface area contributed by atoms with Crippen LogP contribution in [0.15, 0.2) is 29.1 Å². The van der Waals surface area contributed by atoms with Crippen molar-refractivity contribution < 1.29 is 14.4 Å². The number of ketones is 1. The molecule has 0 aromatic rings. The average molecular weight is 354 g/mol. The van der Waals surface area contributed by atoms with Crippen molar-refractivity contribution >= 4 is 23.3 Å². The van der Waals surface area contributed by atoms with Crippen molar-refractivity contribution in [2.45, 2.75) is 58.1 Å². The summed E-state index contributed by atoms with van der Waals surface area (Å²) in [5.41, 5.74) is 1.34. The Morgan fingerprint density at radius 3 is 2.79 bits per heavy atom. The van der Waals surface area contributed by atoms with E-state index in [0.717, 1.165) is 30.8 Å². The molecule has 0 bridgehead atoms. The zero-order valence-corrected chi connectivity index (χ0v) is 16.3. The molecule has 0 aromatic carbocycles. The first-order valence-corrected chi connectivity index (χ1v) is 9.84. The lowest BCUT2D eigenvalue weighted by Gasteiger charge is -2.27. The van der Waals surface area contributed by atoms with Crippen LogP contribution in [0.4, 0.5) is 0 Å². The van der Waals surface area contributed by atoms with Gasteiger partial charge in [-0.3, -0.25) is 4.79 Å². The van der Waals surface area contributed by atoms with Crippen molar-refractivity contribution in [1.82, 2.24) is 0 Å². The molecule has 4 nitrogen and oxygen atoms in total. The lowest BCUT2D eigenvalue weighted by atomic mass is 9.82. The van der Waals surface area contributed by atoms with Crippen LogP contribution < -0.4 is 0 Å². The van der Waals surface area contributed by atoms with Crippen LogP contribution in [0.3, 0.4) is 0 Å². The molecule has 0 saturated carbocycles. The van der Waals surface area contributed by atoms with Gasteiger partial charge in [-0.05, 0) is 24.5 Å². The third-order valence-corrected chi connectivity index (χ3v) is 5.11. The average Bonchev–Trinajstić information content (AvgIpc) is 2.54. The predicted octanol–water partition coefficient (Wildman–Crippen LogP) is 4.76. The summed E-state index contributed by atoms with van der Waals surface area (Å²) < 4.78 is 5.58. The van der Waals surface area contributed by atoms with Crippen LogP contribution in [0.1, 0.15) is 52.9 Å². The molecule has 1 aliphatic rings. The number of rotatable bonds is 11. The highest BCUT2D eigenvalue weighted by Crippen LogP contribution is 2.34. The van der Waals surface area contributed by atoms with Crippen molar-refractivity contribution in [3.05, 3.63) is 24.0 Å². The first-order chi connectivity index (χ1) is 11.6. The van der Waals surface area contributed by atoms with Gasteiger partial charge in [-0.2, -0.15) is 11.8 Å². The molecule has 0 saturated heterocycles. The molecule has 0 N–H and O–H groups in total. The summed E-state index contributed by atoms with van der Waals surface area (Å²) in [6.07, 6.45) is 5.66. The van der Waals surface area contributed by atoms with Crippen LogP contribution in [0.2, 0.25) is 0 Å². The molecule has 24 heavy (non-hydrogen) atoms. The van der Waals surface area contributed by atoms with E-state index in [9.17, 15) is 4.79 Å². The monoisotopic (exact) mass is 353 g/mol. The fraction of sp³-hybridized carbons (Fsp3) is 0.684. The molecule has 136 valence electrons. The second-order valence-corrected chi connectivity index (χ2v) is 7.79. The Labute approximate surface area is 150 Å². The third-order valence-electron chi connectivity index (χ3n) is 4.01. The van der Waals surface area contributed by atoms with Gasteiger partial charge in [0.15, 0.2) is 5.78 Å².